The first kappa shape index (κ1) is 40.2. The van der Waals surface area contributed by atoms with Crippen molar-refractivity contribution < 1.29 is 48.9 Å². The lowest BCUT2D eigenvalue weighted by Crippen LogP contribution is -2.61. The van der Waals surface area contributed by atoms with E-state index in [0.29, 0.717) is 25.8 Å². The Morgan fingerprint density at radius 3 is 1.70 bits per heavy atom. The van der Waals surface area contributed by atoms with E-state index in [1.165, 1.54) is 6.92 Å². The van der Waals surface area contributed by atoms with E-state index in [2.05, 4.69) is 31.9 Å². The molecule has 1 rings (SSSR count). The summed E-state index contributed by atoms with van der Waals surface area (Å²) in [4.78, 5) is 88.7. The first-order chi connectivity index (χ1) is 21.6. The fourth-order valence-electron chi connectivity index (χ4n) is 4.73. The Bertz CT molecular complexity index is 1080. The Morgan fingerprint density at radius 1 is 0.783 bits per heavy atom. The number of amides is 6. The molecule has 11 N–H and O–H groups in total. The summed E-state index contributed by atoms with van der Waals surface area (Å²) in [6.07, 6.45) is 0.102. The number of carbonyl (C=O) groups excluding carboxylic acids is 6. The fraction of sp³-hybridized carbons (Fsp3) is 0.759. The minimum Gasteiger partial charge on any atom is -0.480 e. The van der Waals surface area contributed by atoms with Gasteiger partial charge in [-0.1, -0.05) is 40.5 Å². The number of rotatable bonds is 20. The summed E-state index contributed by atoms with van der Waals surface area (Å²) in [5.74, 6) is -7.12. The molecule has 1 heterocycles. The molecule has 0 aliphatic carbocycles. The van der Waals surface area contributed by atoms with Crippen LogP contribution in [0.3, 0.4) is 0 Å². The Hall–Kier alpha value is -3.83. The van der Waals surface area contributed by atoms with Crippen LogP contribution in [0.1, 0.15) is 73.1 Å². The van der Waals surface area contributed by atoms with Crippen molar-refractivity contribution in [1.82, 2.24) is 31.9 Å². The van der Waals surface area contributed by atoms with Gasteiger partial charge in [-0.15, -0.1) is 0 Å². The first-order valence-electron chi connectivity index (χ1n) is 15.6. The van der Waals surface area contributed by atoms with E-state index in [1.54, 1.807) is 27.7 Å². The second-order valence-corrected chi connectivity index (χ2v) is 11.8. The zero-order chi connectivity index (χ0) is 35.1. The predicted octanol–water partition coefficient (Wildman–Crippen LogP) is -3.02. The SMILES string of the molecule is CC[C@H](C)[C@H](NC(=O)[C@H](CO)NC(=O)[C@@H]1CCCN1)C(=O)N[C@@H](CCC(N)=O)C(=O)N[C@H](C(=O)N[C@H](C(=O)O)[C@@H](C)O)[C@@H](C)CC. The molecule has 9 atom stereocenters. The number of carbonyl (C=O) groups is 7. The van der Waals surface area contributed by atoms with E-state index in [-0.39, 0.29) is 12.8 Å². The number of nitrogens with two attached hydrogens (primary N) is 1. The quantitative estimate of drug-likeness (QED) is 0.0629. The molecule has 6 amide bonds. The van der Waals surface area contributed by atoms with Crippen LogP contribution in [0.2, 0.25) is 0 Å². The summed E-state index contributed by atoms with van der Waals surface area (Å²) >= 11 is 0. The standard InChI is InChI=1S/C29H51N7O10/c1-6-14(3)21(35-26(42)19(13-37)33-24(40)17-9-8-12-31-17)27(43)32-18(10-11-20(30)39)25(41)34-22(15(4)7-2)28(44)36-23(16(5)38)29(45)46/h14-19,21-23,31,37-38H,6-13H2,1-5H3,(H2,30,39)(H,32,43)(H,33,40)(H,34,41)(H,35,42)(H,36,44)(H,45,46)/t14-,15-,16+,17-,18-,19-,21-,22-,23-/m0/s1. The van der Waals surface area contributed by atoms with E-state index in [4.69, 9.17) is 5.73 Å². The zero-order valence-electron chi connectivity index (χ0n) is 27.1. The van der Waals surface area contributed by atoms with Crippen LogP contribution in [-0.2, 0) is 33.6 Å². The summed E-state index contributed by atoms with van der Waals surface area (Å²) in [5, 5.41) is 44.2. The van der Waals surface area contributed by atoms with Gasteiger partial charge in [-0.25, -0.2) is 4.79 Å². The van der Waals surface area contributed by atoms with Crippen LogP contribution in [0.4, 0.5) is 0 Å². The van der Waals surface area contributed by atoms with E-state index in [0.717, 1.165) is 6.42 Å². The molecule has 1 aliphatic heterocycles. The third kappa shape index (κ3) is 12.5. The van der Waals surface area contributed by atoms with Crippen molar-refractivity contribution in [1.29, 1.82) is 0 Å². The molecule has 0 aromatic heterocycles. The van der Waals surface area contributed by atoms with Gasteiger partial charge in [-0.3, -0.25) is 28.8 Å². The number of aliphatic hydroxyl groups is 2. The van der Waals surface area contributed by atoms with E-state index >= 15 is 0 Å². The van der Waals surface area contributed by atoms with Gasteiger partial charge in [-0.2, -0.15) is 0 Å². The summed E-state index contributed by atoms with van der Waals surface area (Å²) in [6.45, 7) is 7.88. The molecule has 0 unspecified atom stereocenters. The fourth-order valence-corrected chi connectivity index (χ4v) is 4.73. The van der Waals surface area contributed by atoms with Crippen LogP contribution in [-0.4, -0.2) is 112 Å². The molecule has 0 aromatic carbocycles. The molecule has 0 spiro atoms. The largest absolute Gasteiger partial charge is 0.480 e. The number of aliphatic hydroxyl groups excluding tert-OH is 2. The molecule has 1 saturated heterocycles. The lowest BCUT2D eigenvalue weighted by Gasteiger charge is -2.30. The molecule has 0 saturated carbocycles. The third-order valence-corrected chi connectivity index (χ3v) is 8.14. The Kier molecular flexibility index (Phi) is 17.2. The summed E-state index contributed by atoms with van der Waals surface area (Å²) in [5.41, 5.74) is 5.28. The highest BCUT2D eigenvalue weighted by atomic mass is 16.4. The second-order valence-electron chi connectivity index (χ2n) is 11.8. The topological polar surface area (TPSA) is 278 Å². The van der Waals surface area contributed by atoms with E-state index < -0.39 is 102 Å². The van der Waals surface area contributed by atoms with Crippen molar-refractivity contribution >= 4 is 41.4 Å². The molecule has 0 radical (unpaired) electrons. The van der Waals surface area contributed by atoms with Crippen LogP contribution < -0.4 is 37.6 Å². The number of nitrogens with one attached hydrogen (secondary N) is 6. The molecule has 1 fully saturated rings. The van der Waals surface area contributed by atoms with Crippen LogP contribution in [0.25, 0.3) is 0 Å². The number of hydrogen-bond acceptors (Lipinski definition) is 10. The highest BCUT2D eigenvalue weighted by Gasteiger charge is 2.36. The highest BCUT2D eigenvalue weighted by Crippen LogP contribution is 2.13. The van der Waals surface area contributed by atoms with Crippen LogP contribution >= 0.6 is 0 Å². The van der Waals surface area contributed by atoms with Gasteiger partial charge in [0.2, 0.25) is 35.4 Å². The molecule has 262 valence electrons. The summed E-state index contributed by atoms with van der Waals surface area (Å²) in [6, 6.07) is -7.43. The molecule has 46 heavy (non-hydrogen) atoms. The summed E-state index contributed by atoms with van der Waals surface area (Å²) < 4.78 is 0. The summed E-state index contributed by atoms with van der Waals surface area (Å²) in [7, 11) is 0. The number of carboxylic acid groups (broad SMARTS) is 1. The maximum Gasteiger partial charge on any atom is 0.328 e. The minimum absolute atomic E-state index is 0.266. The number of aliphatic carboxylic acids is 1. The normalized spacial score (nSPS) is 19.6. The predicted molar refractivity (Wildman–Crippen MR) is 164 cm³/mol. The molecular weight excluding hydrogens is 606 g/mol. The van der Waals surface area contributed by atoms with Crippen molar-refractivity contribution in [2.24, 2.45) is 17.6 Å². The molecule has 1 aliphatic rings. The number of carboxylic acids is 1. The minimum atomic E-state index is -1.65. The lowest BCUT2D eigenvalue weighted by atomic mass is 9.96. The van der Waals surface area contributed by atoms with Gasteiger partial charge in [0.15, 0.2) is 6.04 Å². The number of primary amides is 1. The van der Waals surface area contributed by atoms with Crippen molar-refractivity contribution in [3.05, 3.63) is 0 Å². The van der Waals surface area contributed by atoms with Crippen molar-refractivity contribution in [3.63, 3.8) is 0 Å². The third-order valence-electron chi connectivity index (χ3n) is 8.14. The van der Waals surface area contributed by atoms with Crippen LogP contribution in [0.5, 0.6) is 0 Å². The van der Waals surface area contributed by atoms with E-state index in [9.17, 15) is 48.9 Å². The molecule has 0 bridgehead atoms. The maximum absolute atomic E-state index is 13.5. The Morgan fingerprint density at radius 2 is 1.28 bits per heavy atom. The lowest BCUT2D eigenvalue weighted by molar-refractivity contribution is -0.145. The Labute approximate surface area is 268 Å². The molecular formula is C29H51N7O10. The maximum atomic E-state index is 13.5. The second kappa shape index (κ2) is 19.6. The first-order valence-corrected chi connectivity index (χ1v) is 15.6. The molecule has 0 aromatic rings. The van der Waals surface area contributed by atoms with Crippen LogP contribution in [0.15, 0.2) is 0 Å². The van der Waals surface area contributed by atoms with Gasteiger partial charge in [0.25, 0.3) is 0 Å². The van der Waals surface area contributed by atoms with Gasteiger partial charge >= 0.3 is 5.97 Å². The smallest absolute Gasteiger partial charge is 0.328 e. The van der Waals surface area contributed by atoms with Gasteiger partial charge in [-0.05, 0) is 44.6 Å². The van der Waals surface area contributed by atoms with Crippen molar-refractivity contribution in [2.45, 2.75) is 115 Å². The van der Waals surface area contributed by atoms with Crippen LogP contribution in [0, 0.1) is 11.8 Å². The number of hydrogen-bond donors (Lipinski definition) is 10. The molecule has 17 heteroatoms. The molecule has 17 nitrogen and oxygen atoms in total. The van der Waals surface area contributed by atoms with Gasteiger partial charge in [0.05, 0.1) is 18.8 Å². The zero-order valence-corrected chi connectivity index (χ0v) is 27.1. The van der Waals surface area contributed by atoms with Gasteiger partial charge in [0.1, 0.15) is 24.2 Å². The van der Waals surface area contributed by atoms with E-state index in [1.807, 2.05) is 0 Å². The highest BCUT2D eigenvalue weighted by molar-refractivity contribution is 5.96. The average molecular weight is 658 g/mol. The van der Waals surface area contributed by atoms with Crippen molar-refractivity contribution in [3.8, 4) is 0 Å². The monoisotopic (exact) mass is 657 g/mol. The van der Waals surface area contributed by atoms with Gasteiger partial charge < -0.3 is 53.0 Å². The average Bonchev–Trinajstić information content (AvgIpc) is 3.55. The van der Waals surface area contributed by atoms with Crippen molar-refractivity contribution in [2.75, 3.05) is 13.2 Å². The Balaban J connectivity index is 3.18. The van der Waals surface area contributed by atoms with Gasteiger partial charge in [0, 0.05) is 6.42 Å².